The fourth-order valence-electron chi connectivity index (χ4n) is 3.81. The first-order valence-electron chi connectivity index (χ1n) is 8.92. The quantitative estimate of drug-likeness (QED) is 0.288. The minimum atomic E-state index is -1.84. The molecular weight excluding hydrogens is 344 g/mol. The van der Waals surface area contributed by atoms with Crippen LogP contribution < -0.4 is 0 Å². The number of nitrogens with zero attached hydrogens (tertiary/aromatic N) is 2. The van der Waals surface area contributed by atoms with E-state index in [1.807, 2.05) is 0 Å². The summed E-state index contributed by atoms with van der Waals surface area (Å²) in [7, 11) is -1.84. The minimum absolute atomic E-state index is 0.0508. The van der Waals surface area contributed by atoms with E-state index in [0.29, 0.717) is 28.3 Å². The molecule has 138 valence electrons. The van der Waals surface area contributed by atoms with E-state index in [1.54, 1.807) is 18.3 Å². The Bertz CT molecular complexity index is 805. The molecule has 1 heterocycles. The van der Waals surface area contributed by atoms with Crippen LogP contribution in [0.25, 0.3) is 11.3 Å². The lowest BCUT2D eigenvalue weighted by Crippen LogP contribution is -2.43. The van der Waals surface area contributed by atoms with E-state index in [0.717, 1.165) is 5.56 Å². The summed E-state index contributed by atoms with van der Waals surface area (Å²) in [5.74, 6) is 4.14. The van der Waals surface area contributed by atoms with Crippen molar-refractivity contribution in [3.63, 3.8) is 0 Å². The van der Waals surface area contributed by atoms with Crippen LogP contribution in [0.2, 0.25) is 16.6 Å². The van der Waals surface area contributed by atoms with Gasteiger partial charge in [0.2, 0.25) is 0 Å². The first kappa shape index (κ1) is 19.9. The first-order valence-corrected chi connectivity index (χ1v) is 11.2. The topological polar surface area (TPSA) is 69.2 Å². The maximum atomic E-state index is 10.8. The molecule has 2 rings (SSSR count). The van der Waals surface area contributed by atoms with E-state index < -0.39 is 13.0 Å². The molecule has 0 radical (unpaired) electrons. The molecule has 1 aromatic heterocycles. The number of hydrogen-bond acceptors (Lipinski definition) is 4. The second kappa shape index (κ2) is 7.88. The zero-order valence-corrected chi connectivity index (χ0v) is 17.2. The molecule has 0 aliphatic carbocycles. The molecule has 0 bridgehead atoms. The van der Waals surface area contributed by atoms with Crippen LogP contribution in [-0.4, -0.2) is 18.0 Å². The Balaban J connectivity index is 2.33. The lowest BCUT2D eigenvalue weighted by Gasteiger charge is -2.37. The Morgan fingerprint density at radius 1 is 1.04 bits per heavy atom. The molecule has 0 amide bonds. The van der Waals surface area contributed by atoms with Crippen molar-refractivity contribution in [3.05, 3.63) is 46.5 Å². The van der Waals surface area contributed by atoms with Crippen molar-refractivity contribution >= 4 is 13.8 Å². The van der Waals surface area contributed by atoms with Gasteiger partial charge in [0.25, 0.3) is 11.6 Å². The summed E-state index contributed by atoms with van der Waals surface area (Å²) < 4.78 is 5.77. The highest BCUT2D eigenvalue weighted by Crippen LogP contribution is 2.40. The molecule has 6 heteroatoms. The van der Waals surface area contributed by atoms with Gasteiger partial charge in [-0.15, -0.1) is 5.54 Å². The first-order chi connectivity index (χ1) is 12.2. The van der Waals surface area contributed by atoms with Crippen LogP contribution in [0.1, 0.15) is 47.4 Å². The third kappa shape index (κ3) is 3.88. The molecule has 0 saturated carbocycles. The predicted octanol–water partition coefficient (Wildman–Crippen LogP) is 5.82. The summed E-state index contributed by atoms with van der Waals surface area (Å²) in [6.45, 7) is 13.6. The molecule has 0 saturated heterocycles. The van der Waals surface area contributed by atoms with Gasteiger partial charge in [0.05, 0.1) is 11.1 Å². The Kier molecular flexibility index (Phi) is 6.04. The number of nitro benzene ring substituents is 1. The van der Waals surface area contributed by atoms with Gasteiger partial charge in [0, 0.05) is 17.7 Å². The molecule has 0 fully saturated rings. The number of rotatable bonds is 5. The predicted molar refractivity (Wildman–Crippen MR) is 107 cm³/mol. The number of non-ortho nitro benzene ring substituents is 1. The highest BCUT2D eigenvalue weighted by molar-refractivity contribution is 6.90. The van der Waals surface area contributed by atoms with Gasteiger partial charge in [-0.1, -0.05) is 41.5 Å². The summed E-state index contributed by atoms with van der Waals surface area (Å²) in [4.78, 5) is 14.6. The average molecular weight is 371 g/mol. The fourth-order valence-corrected chi connectivity index (χ4v) is 9.00. The molecule has 0 unspecified atom stereocenters. The van der Waals surface area contributed by atoms with Gasteiger partial charge in [0.15, 0.2) is 5.76 Å². The van der Waals surface area contributed by atoms with Gasteiger partial charge in [-0.3, -0.25) is 10.1 Å². The zero-order chi connectivity index (χ0) is 19.5. The van der Waals surface area contributed by atoms with Crippen molar-refractivity contribution in [2.24, 2.45) is 0 Å². The molecule has 0 spiro atoms. The van der Waals surface area contributed by atoms with Crippen molar-refractivity contribution in [3.8, 4) is 22.8 Å². The summed E-state index contributed by atoms with van der Waals surface area (Å²) >= 11 is 0. The molecule has 0 aliphatic rings. The van der Waals surface area contributed by atoms with Crippen molar-refractivity contribution in [2.45, 2.75) is 58.2 Å². The monoisotopic (exact) mass is 370 g/mol. The van der Waals surface area contributed by atoms with Crippen molar-refractivity contribution in [1.29, 1.82) is 0 Å². The van der Waals surface area contributed by atoms with Gasteiger partial charge in [-0.2, -0.15) is 0 Å². The van der Waals surface area contributed by atoms with E-state index in [2.05, 4.69) is 58.0 Å². The third-order valence-corrected chi connectivity index (χ3v) is 11.4. The van der Waals surface area contributed by atoms with Crippen LogP contribution >= 0.6 is 0 Å². The Hall–Kier alpha value is -2.39. The van der Waals surface area contributed by atoms with Crippen LogP contribution in [0.3, 0.4) is 0 Å². The maximum absolute atomic E-state index is 10.8. The largest absolute Gasteiger partial charge is 0.430 e. The average Bonchev–Trinajstić information content (AvgIpc) is 3.03. The lowest BCUT2D eigenvalue weighted by molar-refractivity contribution is -0.384. The number of nitro groups is 1. The van der Waals surface area contributed by atoms with Gasteiger partial charge in [0.1, 0.15) is 8.07 Å². The molecule has 2 aromatic rings. The molecule has 1 aromatic carbocycles. The van der Waals surface area contributed by atoms with E-state index in [4.69, 9.17) is 4.42 Å². The van der Waals surface area contributed by atoms with E-state index in [9.17, 15) is 10.1 Å². The summed E-state index contributed by atoms with van der Waals surface area (Å²) in [5, 5.41) is 10.8. The smallest absolute Gasteiger partial charge is 0.273 e. The molecule has 0 atom stereocenters. The maximum Gasteiger partial charge on any atom is 0.273 e. The second-order valence-electron chi connectivity index (χ2n) is 7.48. The summed E-state index contributed by atoms with van der Waals surface area (Å²) in [6.07, 6.45) is 1.62. The zero-order valence-electron chi connectivity index (χ0n) is 16.2. The van der Waals surface area contributed by atoms with E-state index in [-0.39, 0.29) is 5.69 Å². The third-order valence-electron chi connectivity index (χ3n) is 5.12. The Morgan fingerprint density at radius 2 is 1.58 bits per heavy atom. The highest BCUT2D eigenvalue weighted by Gasteiger charge is 2.41. The molecule has 0 N–H and O–H groups in total. The van der Waals surface area contributed by atoms with Crippen LogP contribution in [0, 0.1) is 21.6 Å². The van der Waals surface area contributed by atoms with Crippen LogP contribution in [0.15, 0.2) is 34.9 Å². The highest BCUT2D eigenvalue weighted by atomic mass is 28.3. The number of aromatic nitrogens is 1. The molecular formula is C20H26N2O3Si. The SMILES string of the molecule is CC(C)[Si](C#Cc1ncc(-c2ccc([N+](=O)[O-])cc2)o1)(C(C)C)C(C)C. The van der Waals surface area contributed by atoms with Crippen molar-refractivity contribution < 1.29 is 9.34 Å². The molecule has 26 heavy (non-hydrogen) atoms. The lowest BCUT2D eigenvalue weighted by atomic mass is 10.2. The number of benzene rings is 1. The normalized spacial score (nSPS) is 11.7. The Labute approximate surface area is 156 Å². The summed E-state index contributed by atoms with van der Waals surface area (Å²) in [6, 6.07) is 6.23. The van der Waals surface area contributed by atoms with Crippen LogP contribution in [-0.2, 0) is 0 Å². The number of oxazole rings is 1. The van der Waals surface area contributed by atoms with Crippen LogP contribution in [0.4, 0.5) is 5.69 Å². The van der Waals surface area contributed by atoms with Gasteiger partial charge < -0.3 is 4.42 Å². The van der Waals surface area contributed by atoms with Crippen molar-refractivity contribution in [1.82, 2.24) is 4.98 Å². The van der Waals surface area contributed by atoms with Gasteiger partial charge >= 0.3 is 0 Å². The number of hydrogen-bond donors (Lipinski definition) is 0. The van der Waals surface area contributed by atoms with Crippen molar-refractivity contribution in [2.75, 3.05) is 0 Å². The molecule has 5 nitrogen and oxygen atoms in total. The van der Waals surface area contributed by atoms with Gasteiger partial charge in [-0.25, -0.2) is 4.98 Å². The summed E-state index contributed by atoms with van der Waals surface area (Å²) in [5.41, 5.74) is 6.00. The van der Waals surface area contributed by atoms with E-state index in [1.165, 1.54) is 12.1 Å². The fraction of sp³-hybridized carbons (Fsp3) is 0.450. The van der Waals surface area contributed by atoms with E-state index >= 15 is 0 Å². The van der Waals surface area contributed by atoms with Gasteiger partial charge in [-0.05, 0) is 34.7 Å². The second-order valence-corrected chi connectivity index (χ2v) is 13.1. The minimum Gasteiger partial charge on any atom is -0.430 e. The Morgan fingerprint density at radius 3 is 2.04 bits per heavy atom. The van der Waals surface area contributed by atoms with Crippen LogP contribution in [0.5, 0.6) is 0 Å². The standard InChI is InChI=1S/C20H26N2O3Si/c1-14(2)26(15(3)4,16(5)6)12-11-20-21-13-19(25-20)17-7-9-18(10-8-17)22(23)24/h7-10,13-16H,1-6H3. The molecule has 0 aliphatic heterocycles.